The van der Waals surface area contributed by atoms with Gasteiger partial charge < -0.3 is 15.4 Å². The fourth-order valence-electron chi connectivity index (χ4n) is 2.08. The van der Waals surface area contributed by atoms with Crippen LogP contribution in [0.5, 0.6) is 0 Å². The van der Waals surface area contributed by atoms with Gasteiger partial charge >= 0.3 is 5.97 Å². The lowest BCUT2D eigenvalue weighted by atomic mass is 10.1. The number of benzene rings is 2. The maximum atomic E-state index is 11.8. The monoisotopic (exact) mass is 406 g/mol. The molecule has 0 aliphatic carbocycles. The summed E-state index contributed by atoms with van der Waals surface area (Å²) in [7, 11) is 1.30. The fraction of sp³-hybridized carbons (Fsp3) is 0.105. The summed E-state index contributed by atoms with van der Waals surface area (Å²) < 4.78 is 4.65. The van der Waals surface area contributed by atoms with Gasteiger partial charge in [0.2, 0.25) is 11.8 Å². The second kappa shape index (κ2) is 9.75. The number of ether oxygens (including phenoxy) is 1. The summed E-state index contributed by atoms with van der Waals surface area (Å²) in [6.07, 6.45) is 2.21. The molecule has 2 N–H and O–H groups in total. The van der Waals surface area contributed by atoms with Crippen molar-refractivity contribution in [1.29, 1.82) is 0 Å². The lowest BCUT2D eigenvalue weighted by Gasteiger charge is -2.05. The van der Waals surface area contributed by atoms with E-state index in [1.807, 2.05) is 0 Å². The first kappa shape index (κ1) is 20.5. The molecular formula is C19H16Cl2N2O4. The van der Waals surface area contributed by atoms with Gasteiger partial charge in [-0.05, 0) is 35.9 Å². The lowest BCUT2D eigenvalue weighted by Crippen LogP contribution is -2.21. The van der Waals surface area contributed by atoms with Crippen LogP contribution in [0.2, 0.25) is 10.0 Å². The summed E-state index contributed by atoms with van der Waals surface area (Å²) in [6, 6.07) is 11.3. The van der Waals surface area contributed by atoms with Gasteiger partial charge in [-0.15, -0.1) is 0 Å². The average molecular weight is 407 g/mol. The molecule has 8 heteroatoms. The zero-order valence-electron chi connectivity index (χ0n) is 14.3. The minimum absolute atomic E-state index is 0.197. The Kier molecular flexibility index (Phi) is 7.40. The number of amides is 2. The number of hydrogen-bond donors (Lipinski definition) is 2. The minimum atomic E-state index is -0.490. The van der Waals surface area contributed by atoms with Crippen molar-refractivity contribution < 1.29 is 19.1 Å². The largest absolute Gasteiger partial charge is 0.465 e. The van der Waals surface area contributed by atoms with Crippen molar-refractivity contribution in [3.63, 3.8) is 0 Å². The molecule has 0 saturated heterocycles. The zero-order chi connectivity index (χ0) is 19.8. The van der Waals surface area contributed by atoms with E-state index in [0.717, 1.165) is 17.7 Å². The average Bonchev–Trinajstić information content (AvgIpc) is 2.67. The molecule has 0 aliphatic heterocycles. The van der Waals surface area contributed by atoms with Crippen molar-refractivity contribution in [2.75, 3.05) is 12.4 Å². The first-order valence-corrected chi connectivity index (χ1v) is 8.54. The quantitative estimate of drug-likeness (QED) is 0.566. The van der Waals surface area contributed by atoms with Crippen LogP contribution in [-0.4, -0.2) is 24.9 Å². The van der Waals surface area contributed by atoms with E-state index >= 15 is 0 Å². The number of esters is 1. The Balaban J connectivity index is 1.86. The van der Waals surface area contributed by atoms with Gasteiger partial charge in [-0.3, -0.25) is 9.59 Å². The molecule has 0 radical (unpaired) electrons. The second-order valence-corrected chi connectivity index (χ2v) is 6.18. The SMILES string of the molecule is COC(=O)c1cccc(CNC(=O)C=CC(=O)Nc2ccc(Cl)c(Cl)c2)c1. The number of halogens is 2. The van der Waals surface area contributed by atoms with Crippen LogP contribution in [0.3, 0.4) is 0 Å². The smallest absolute Gasteiger partial charge is 0.337 e. The van der Waals surface area contributed by atoms with E-state index in [9.17, 15) is 14.4 Å². The van der Waals surface area contributed by atoms with Gasteiger partial charge in [0.05, 0.1) is 22.7 Å². The molecule has 0 aromatic heterocycles. The first-order chi connectivity index (χ1) is 12.9. The van der Waals surface area contributed by atoms with Crippen molar-refractivity contribution in [3.8, 4) is 0 Å². The number of anilines is 1. The highest BCUT2D eigenvalue weighted by Gasteiger charge is 2.06. The van der Waals surface area contributed by atoms with Gasteiger partial charge in [0.25, 0.3) is 0 Å². The van der Waals surface area contributed by atoms with Gasteiger partial charge in [0.1, 0.15) is 0 Å². The fourth-order valence-corrected chi connectivity index (χ4v) is 2.38. The number of nitrogens with one attached hydrogen (secondary N) is 2. The Labute approximate surface area is 166 Å². The third-order valence-corrected chi connectivity index (χ3v) is 4.13. The molecule has 2 rings (SSSR count). The van der Waals surface area contributed by atoms with Crippen LogP contribution in [-0.2, 0) is 20.9 Å². The molecule has 2 aromatic carbocycles. The van der Waals surface area contributed by atoms with Crippen molar-refractivity contribution >= 4 is 46.7 Å². The third kappa shape index (κ3) is 6.44. The van der Waals surface area contributed by atoms with Crippen molar-refractivity contribution in [2.45, 2.75) is 6.54 Å². The Morgan fingerprint density at radius 3 is 2.44 bits per heavy atom. The van der Waals surface area contributed by atoms with E-state index in [4.69, 9.17) is 23.2 Å². The highest BCUT2D eigenvalue weighted by Crippen LogP contribution is 2.24. The van der Waals surface area contributed by atoms with E-state index in [0.29, 0.717) is 21.3 Å². The van der Waals surface area contributed by atoms with Crippen LogP contribution in [0.1, 0.15) is 15.9 Å². The molecule has 0 aliphatic rings. The molecular weight excluding hydrogens is 391 g/mol. The predicted octanol–water partition coefficient (Wildman–Crippen LogP) is 3.59. The molecule has 0 unspecified atom stereocenters. The summed E-state index contributed by atoms with van der Waals surface area (Å²) in [6.45, 7) is 0.197. The normalized spacial score (nSPS) is 10.5. The van der Waals surface area contributed by atoms with Gasteiger partial charge in [0.15, 0.2) is 0 Å². The van der Waals surface area contributed by atoms with E-state index < -0.39 is 17.8 Å². The Hall–Kier alpha value is -2.83. The van der Waals surface area contributed by atoms with Crippen LogP contribution in [0.25, 0.3) is 0 Å². The maximum absolute atomic E-state index is 11.8. The van der Waals surface area contributed by atoms with Gasteiger partial charge in [-0.1, -0.05) is 35.3 Å². The zero-order valence-corrected chi connectivity index (χ0v) is 15.8. The molecule has 140 valence electrons. The van der Waals surface area contributed by atoms with E-state index in [1.165, 1.54) is 13.2 Å². The molecule has 0 heterocycles. The summed E-state index contributed by atoms with van der Waals surface area (Å²) in [5.41, 5.74) is 1.57. The highest BCUT2D eigenvalue weighted by molar-refractivity contribution is 6.42. The predicted molar refractivity (Wildman–Crippen MR) is 104 cm³/mol. The van der Waals surface area contributed by atoms with Crippen molar-refractivity contribution in [3.05, 3.63) is 75.8 Å². The van der Waals surface area contributed by atoms with E-state index in [1.54, 1.807) is 36.4 Å². The highest BCUT2D eigenvalue weighted by atomic mass is 35.5. The molecule has 0 bridgehead atoms. The molecule has 0 atom stereocenters. The summed E-state index contributed by atoms with van der Waals surface area (Å²) in [5.74, 6) is -1.40. The van der Waals surface area contributed by atoms with E-state index in [2.05, 4.69) is 15.4 Å². The summed E-state index contributed by atoms with van der Waals surface area (Å²) in [4.78, 5) is 35.2. The Bertz CT molecular complexity index is 897. The van der Waals surface area contributed by atoms with Crippen LogP contribution in [0.15, 0.2) is 54.6 Å². The van der Waals surface area contributed by atoms with E-state index in [-0.39, 0.29) is 6.54 Å². The van der Waals surface area contributed by atoms with Crippen molar-refractivity contribution in [1.82, 2.24) is 5.32 Å². The van der Waals surface area contributed by atoms with Crippen LogP contribution in [0.4, 0.5) is 5.69 Å². The van der Waals surface area contributed by atoms with Gasteiger partial charge in [0, 0.05) is 24.4 Å². The number of carbonyl (C=O) groups excluding carboxylic acids is 3. The van der Waals surface area contributed by atoms with Crippen LogP contribution in [0, 0.1) is 0 Å². The van der Waals surface area contributed by atoms with Crippen LogP contribution < -0.4 is 10.6 Å². The number of rotatable bonds is 6. The molecule has 0 fully saturated rings. The van der Waals surface area contributed by atoms with Crippen molar-refractivity contribution in [2.24, 2.45) is 0 Å². The first-order valence-electron chi connectivity index (χ1n) is 7.78. The summed E-state index contributed by atoms with van der Waals surface area (Å²) in [5, 5.41) is 5.87. The molecule has 0 spiro atoms. The lowest BCUT2D eigenvalue weighted by molar-refractivity contribution is -0.117. The van der Waals surface area contributed by atoms with Gasteiger partial charge in [-0.2, -0.15) is 0 Å². The number of methoxy groups -OCH3 is 1. The molecule has 2 aromatic rings. The Morgan fingerprint density at radius 2 is 1.74 bits per heavy atom. The number of hydrogen-bond acceptors (Lipinski definition) is 4. The molecule has 6 nitrogen and oxygen atoms in total. The molecule has 2 amide bonds. The molecule has 0 saturated carbocycles. The topological polar surface area (TPSA) is 84.5 Å². The standard InChI is InChI=1S/C19H16Cl2N2O4/c1-27-19(26)13-4-2-3-12(9-13)11-22-17(24)7-8-18(25)23-14-5-6-15(20)16(21)10-14/h2-10H,11H2,1H3,(H,22,24)(H,23,25). The summed E-state index contributed by atoms with van der Waals surface area (Å²) >= 11 is 11.7. The van der Waals surface area contributed by atoms with Gasteiger partial charge in [-0.25, -0.2) is 4.79 Å². The second-order valence-electron chi connectivity index (χ2n) is 5.36. The third-order valence-electron chi connectivity index (χ3n) is 3.39. The minimum Gasteiger partial charge on any atom is -0.465 e. The maximum Gasteiger partial charge on any atom is 0.337 e. The number of carbonyl (C=O) groups is 3. The Morgan fingerprint density at radius 1 is 1.00 bits per heavy atom. The van der Waals surface area contributed by atoms with Crippen LogP contribution >= 0.6 is 23.2 Å². The molecule has 27 heavy (non-hydrogen) atoms.